The standard InChI is InChI=1S/C27H31N3O5/c1-12-6-15-7-17-19(9-28)30-18(23(29(17)4)21(15)13(2)25(12)33-5)8-16-22(20(30)10-31)27-26(34-11-35-27)14(3)24(16)32/h6,17-20,23,31-32H,7-8,10-11H2,1-5H3/t17-,18?,19-,20-,23-/m0/s1/i31T. The summed E-state index contributed by atoms with van der Waals surface area (Å²) >= 11 is 0. The summed E-state index contributed by atoms with van der Waals surface area (Å²) in [5.41, 5.74) is 6.90. The number of hydrogen-bond donors (Lipinski definition) is 2. The van der Waals surface area contributed by atoms with Crippen LogP contribution in [-0.4, -0.2) is 67.1 Å². The Hall–Kier alpha value is -2.99. The van der Waals surface area contributed by atoms with Crippen molar-refractivity contribution >= 4 is 0 Å². The van der Waals surface area contributed by atoms with Crippen molar-refractivity contribution < 1.29 is 24.4 Å². The molecule has 0 radical (unpaired) electrons. The van der Waals surface area contributed by atoms with Gasteiger partial charge in [0.05, 0.1) is 31.9 Å². The fourth-order valence-electron chi connectivity index (χ4n) is 7.34. The Morgan fingerprint density at radius 2 is 1.94 bits per heavy atom. The third kappa shape index (κ3) is 2.77. The molecule has 0 aromatic heterocycles. The highest BCUT2D eigenvalue weighted by Gasteiger charge is 2.56. The van der Waals surface area contributed by atoms with Crippen LogP contribution in [0.1, 0.15) is 51.0 Å². The van der Waals surface area contributed by atoms with E-state index in [-0.39, 0.29) is 37.3 Å². The van der Waals surface area contributed by atoms with E-state index in [1.165, 1.54) is 11.1 Å². The number of benzene rings is 2. The Kier molecular flexibility index (Phi) is 4.72. The minimum absolute atomic E-state index is 0.0237. The second-order valence-corrected chi connectivity index (χ2v) is 10.2. The minimum Gasteiger partial charge on any atom is -0.507 e. The summed E-state index contributed by atoms with van der Waals surface area (Å²) in [5, 5.41) is 26.8. The van der Waals surface area contributed by atoms with E-state index in [0.717, 1.165) is 34.4 Å². The molecular formula is C27H31N3O5. The van der Waals surface area contributed by atoms with Crippen LogP contribution in [0.25, 0.3) is 0 Å². The van der Waals surface area contributed by atoms with Crippen LogP contribution in [0.5, 0.6) is 23.0 Å². The summed E-state index contributed by atoms with van der Waals surface area (Å²) in [6.07, 6.45) is 1.27. The van der Waals surface area contributed by atoms with Crippen molar-refractivity contribution in [3.63, 3.8) is 0 Å². The van der Waals surface area contributed by atoms with Crippen molar-refractivity contribution in [1.29, 1.82) is 6.69 Å². The van der Waals surface area contributed by atoms with Crippen molar-refractivity contribution in [2.75, 3.05) is 27.6 Å². The lowest BCUT2D eigenvalue weighted by atomic mass is 9.71. The Morgan fingerprint density at radius 1 is 1.17 bits per heavy atom. The second-order valence-electron chi connectivity index (χ2n) is 10.2. The van der Waals surface area contributed by atoms with E-state index in [1.54, 1.807) is 7.11 Å². The van der Waals surface area contributed by atoms with Crippen molar-refractivity contribution in [3.05, 3.63) is 45.0 Å². The number of fused-ring (bicyclic) bond motifs is 9. The van der Waals surface area contributed by atoms with E-state index in [1.807, 2.05) is 6.92 Å². The van der Waals surface area contributed by atoms with Crippen LogP contribution in [0.2, 0.25) is 0 Å². The average Bonchev–Trinajstić information content (AvgIpc) is 3.34. The molecule has 6 rings (SSSR count). The molecule has 35 heavy (non-hydrogen) atoms. The highest BCUT2D eigenvalue weighted by molar-refractivity contribution is 5.65. The third-order valence-corrected chi connectivity index (χ3v) is 8.72. The van der Waals surface area contributed by atoms with Gasteiger partial charge in [-0.2, -0.15) is 5.26 Å². The van der Waals surface area contributed by atoms with Crippen LogP contribution in [0, 0.1) is 32.1 Å². The predicted octanol–water partition coefficient (Wildman–Crippen LogP) is 2.82. The molecule has 1 saturated heterocycles. The van der Waals surface area contributed by atoms with Crippen LogP contribution in [0.4, 0.5) is 0 Å². The van der Waals surface area contributed by atoms with E-state index in [9.17, 15) is 10.4 Å². The molecular weight excluding hydrogens is 446 g/mol. The number of rotatable bonds is 3. The number of methoxy groups -OCH3 is 1. The van der Waals surface area contributed by atoms with Crippen LogP contribution >= 0.6 is 0 Å². The van der Waals surface area contributed by atoms with Gasteiger partial charge in [-0.3, -0.25) is 9.80 Å². The first-order chi connectivity index (χ1) is 17.3. The number of aromatic hydroxyl groups is 1. The zero-order chi connectivity index (χ0) is 25.5. The van der Waals surface area contributed by atoms with Gasteiger partial charge in [-0.05, 0) is 62.9 Å². The molecule has 0 amide bonds. The molecule has 2 aromatic rings. The van der Waals surface area contributed by atoms with Gasteiger partial charge in [0.25, 0.3) is 0 Å². The molecule has 0 spiro atoms. The monoisotopic (exact) mass is 479 g/mol. The van der Waals surface area contributed by atoms with Crippen LogP contribution in [-0.2, 0) is 12.8 Å². The van der Waals surface area contributed by atoms with Crippen molar-refractivity contribution in [1.82, 2.24) is 9.80 Å². The van der Waals surface area contributed by atoms with Crippen molar-refractivity contribution in [2.45, 2.75) is 63.8 Å². The molecule has 184 valence electrons. The maximum absolute atomic E-state index is 11.3. The predicted molar refractivity (Wildman–Crippen MR) is 128 cm³/mol. The molecule has 0 saturated carbocycles. The molecule has 0 aliphatic carbocycles. The van der Waals surface area contributed by atoms with Gasteiger partial charge in [0.1, 0.15) is 17.5 Å². The van der Waals surface area contributed by atoms with E-state index in [2.05, 4.69) is 42.8 Å². The van der Waals surface area contributed by atoms with Crippen LogP contribution in [0.15, 0.2) is 6.07 Å². The molecule has 5 atom stereocenters. The number of likely N-dealkylation sites (N-methyl/N-ethyl adjacent to an activating group) is 1. The van der Waals surface area contributed by atoms with E-state index < -0.39 is 12.1 Å². The largest absolute Gasteiger partial charge is 0.507 e. The molecule has 1 unspecified atom stereocenters. The number of phenolic OH excluding ortho intramolecular Hbond substituents is 1. The minimum atomic E-state index is -0.434. The lowest BCUT2D eigenvalue weighted by Gasteiger charge is -2.60. The van der Waals surface area contributed by atoms with Gasteiger partial charge >= 0.3 is 0 Å². The quantitative estimate of drug-likeness (QED) is 0.694. The molecule has 2 bridgehead atoms. The summed E-state index contributed by atoms with van der Waals surface area (Å²) in [6.45, 7) is 6.13. The summed E-state index contributed by atoms with van der Waals surface area (Å²) in [4.78, 5) is 4.55. The maximum atomic E-state index is 11.3. The van der Waals surface area contributed by atoms with Crippen molar-refractivity contribution in [2.24, 2.45) is 0 Å². The number of piperazine rings is 1. The smallest absolute Gasteiger partial charge is 0.231 e. The lowest BCUT2D eigenvalue weighted by molar-refractivity contribution is -0.0821. The Morgan fingerprint density at radius 3 is 2.66 bits per heavy atom. The summed E-state index contributed by atoms with van der Waals surface area (Å²) in [7, 11) is 3.81. The topological polar surface area (TPSA) is 98.4 Å². The molecule has 8 heteroatoms. The number of ether oxygens (including phenoxy) is 3. The second kappa shape index (κ2) is 7.76. The van der Waals surface area contributed by atoms with E-state index in [4.69, 9.17) is 20.8 Å². The number of aliphatic hydroxyl groups excluding tert-OH is 1. The normalized spacial score (nSPS) is 29.0. The number of phenols is 1. The SMILES string of the molecule is [3H]OC[C@H]1c2c(c(O)c(C)c3c2OCO3)CC2[C@H]3c4c(cc(C)c(OC)c4C)C[C@@H]([C@H](C#N)N21)N3C. The fourth-order valence-corrected chi connectivity index (χ4v) is 7.34. The summed E-state index contributed by atoms with van der Waals surface area (Å²) in [6, 6.07) is 3.76. The number of nitrogens with zero attached hydrogens (tertiary/aromatic N) is 3. The maximum Gasteiger partial charge on any atom is 0.231 e. The summed E-state index contributed by atoms with van der Waals surface area (Å²) < 4.78 is 25.1. The highest BCUT2D eigenvalue weighted by atomic mass is 16.7. The van der Waals surface area contributed by atoms with Crippen molar-refractivity contribution in [3.8, 4) is 29.1 Å². The molecule has 2 N–H and O–H groups in total. The zero-order valence-corrected chi connectivity index (χ0v) is 20.7. The first-order valence-electron chi connectivity index (χ1n) is 12.5. The van der Waals surface area contributed by atoms with Crippen LogP contribution < -0.4 is 14.2 Å². The van der Waals surface area contributed by atoms with Gasteiger partial charge in [-0.15, -0.1) is 0 Å². The number of nitriles is 1. The lowest BCUT2D eigenvalue weighted by Crippen LogP contribution is -2.68. The Bertz CT molecular complexity index is 1310. The summed E-state index contributed by atoms with van der Waals surface area (Å²) in [5.74, 6) is 2.20. The molecule has 4 aliphatic rings. The van der Waals surface area contributed by atoms with Gasteiger partial charge < -0.3 is 24.4 Å². The van der Waals surface area contributed by atoms with Gasteiger partial charge in [-0.25, -0.2) is 0 Å². The highest BCUT2D eigenvalue weighted by Crippen LogP contribution is 2.57. The van der Waals surface area contributed by atoms with Crippen LogP contribution in [0.3, 0.4) is 0 Å². The van der Waals surface area contributed by atoms with Gasteiger partial charge in [-0.1, -0.05) is 6.07 Å². The van der Waals surface area contributed by atoms with E-state index in [0.29, 0.717) is 23.5 Å². The molecule has 2 aromatic carbocycles. The number of aryl methyl sites for hydroxylation is 1. The molecule has 4 heterocycles. The first-order valence-corrected chi connectivity index (χ1v) is 12.1. The molecule has 8 nitrogen and oxygen atoms in total. The van der Waals surface area contributed by atoms with Gasteiger partial charge in [0, 0.05) is 28.8 Å². The van der Waals surface area contributed by atoms with Gasteiger partial charge in [0.2, 0.25) is 8.22 Å². The third-order valence-electron chi connectivity index (χ3n) is 8.72. The zero-order valence-electron chi connectivity index (χ0n) is 21.7. The van der Waals surface area contributed by atoms with Gasteiger partial charge in [0.15, 0.2) is 11.5 Å². The molecule has 4 aliphatic heterocycles. The Labute approximate surface area is 206 Å². The first kappa shape index (κ1) is 21.3. The Balaban J connectivity index is 1.61. The number of hydrogen-bond acceptors (Lipinski definition) is 8. The van der Waals surface area contributed by atoms with E-state index >= 15 is 0 Å². The average molecular weight is 480 g/mol. The fraction of sp³-hybridized carbons (Fsp3) is 0.519. The number of aliphatic hydroxyl groups is 1. The molecule has 1 fully saturated rings.